The van der Waals surface area contributed by atoms with Gasteiger partial charge >= 0.3 is 0 Å². The van der Waals surface area contributed by atoms with E-state index in [1.165, 1.54) is 18.0 Å². The Morgan fingerprint density at radius 3 is 2.77 bits per heavy atom. The van der Waals surface area contributed by atoms with Crippen molar-refractivity contribution in [1.82, 2.24) is 14.6 Å². The molecular weight excluding hydrogens is 298 g/mol. The van der Waals surface area contributed by atoms with Crippen LogP contribution >= 0.6 is 0 Å². The van der Waals surface area contributed by atoms with Crippen molar-refractivity contribution < 1.29 is 8.42 Å². The van der Waals surface area contributed by atoms with Gasteiger partial charge in [0.2, 0.25) is 10.0 Å². The minimum Gasteiger partial charge on any atom is -0.361 e. The Morgan fingerprint density at radius 1 is 1.32 bits per heavy atom. The minimum atomic E-state index is -3.20. The Hall–Kier alpha value is -1.63. The van der Waals surface area contributed by atoms with Gasteiger partial charge in [-0.05, 0) is 50.8 Å². The van der Waals surface area contributed by atoms with Crippen LogP contribution in [-0.2, 0) is 16.4 Å². The van der Waals surface area contributed by atoms with Crippen LogP contribution in [-0.4, -0.2) is 51.7 Å². The van der Waals surface area contributed by atoms with E-state index in [0.717, 1.165) is 24.0 Å². The fourth-order valence-corrected chi connectivity index (χ4v) is 2.76. The van der Waals surface area contributed by atoms with Crippen molar-refractivity contribution in [2.45, 2.75) is 6.42 Å². The van der Waals surface area contributed by atoms with Crippen molar-refractivity contribution in [2.75, 3.05) is 33.4 Å². The van der Waals surface area contributed by atoms with Crippen LogP contribution in [0.2, 0.25) is 0 Å². The predicted molar refractivity (Wildman–Crippen MR) is 92.4 cm³/mol. The molecule has 0 amide bonds. The maximum Gasteiger partial charge on any atom is 0.214 e. The first-order valence-corrected chi connectivity index (χ1v) is 8.89. The van der Waals surface area contributed by atoms with Gasteiger partial charge in [0.15, 0.2) is 0 Å². The van der Waals surface area contributed by atoms with Crippen LogP contribution in [0.4, 0.5) is 0 Å². The molecule has 1 aromatic carbocycles. The van der Waals surface area contributed by atoms with E-state index in [1.54, 1.807) is 6.08 Å². The van der Waals surface area contributed by atoms with Crippen LogP contribution in [0.15, 0.2) is 30.5 Å². The first kappa shape index (κ1) is 16.7. The largest absolute Gasteiger partial charge is 0.361 e. The van der Waals surface area contributed by atoms with Crippen molar-refractivity contribution in [3.63, 3.8) is 0 Å². The molecule has 0 aliphatic carbocycles. The topological polar surface area (TPSA) is 65.2 Å². The smallest absolute Gasteiger partial charge is 0.214 e. The number of fused-ring (bicyclic) bond motifs is 1. The van der Waals surface area contributed by atoms with Crippen molar-refractivity contribution >= 4 is 27.0 Å². The molecule has 0 aliphatic heterocycles. The summed E-state index contributed by atoms with van der Waals surface area (Å²) >= 11 is 0. The van der Waals surface area contributed by atoms with Crippen LogP contribution in [0.5, 0.6) is 0 Å². The van der Waals surface area contributed by atoms with Gasteiger partial charge in [0.1, 0.15) is 0 Å². The van der Waals surface area contributed by atoms with Gasteiger partial charge < -0.3 is 9.88 Å². The molecule has 0 fully saturated rings. The molecule has 22 heavy (non-hydrogen) atoms. The lowest BCUT2D eigenvalue weighted by Crippen LogP contribution is -2.20. The number of rotatable bonds is 7. The van der Waals surface area contributed by atoms with Gasteiger partial charge in [0, 0.05) is 23.6 Å². The zero-order valence-electron chi connectivity index (χ0n) is 13.3. The fourth-order valence-electron chi connectivity index (χ4n) is 2.24. The van der Waals surface area contributed by atoms with E-state index < -0.39 is 10.0 Å². The minimum absolute atomic E-state index is 0.0117. The average Bonchev–Trinajstić information content (AvgIpc) is 2.87. The molecule has 120 valence electrons. The van der Waals surface area contributed by atoms with Crippen LogP contribution in [0.3, 0.4) is 0 Å². The lowest BCUT2D eigenvalue weighted by atomic mass is 10.1. The molecule has 1 aromatic heterocycles. The molecular formula is C16H23N3O2S. The van der Waals surface area contributed by atoms with Crippen molar-refractivity contribution in [3.05, 3.63) is 41.6 Å². The van der Waals surface area contributed by atoms with E-state index in [4.69, 9.17) is 0 Å². The van der Waals surface area contributed by atoms with E-state index >= 15 is 0 Å². The Morgan fingerprint density at radius 2 is 2.09 bits per heavy atom. The molecule has 2 aromatic rings. The molecule has 0 saturated carbocycles. The maximum absolute atomic E-state index is 11.4. The summed E-state index contributed by atoms with van der Waals surface area (Å²) in [5.41, 5.74) is 3.39. The number of H-pyrrole nitrogens is 1. The quantitative estimate of drug-likeness (QED) is 0.818. The standard InChI is InChI=1S/C16H23N3O2S/c1-17-22(20,21)10-4-5-13-6-7-16-15(11-13)14(12-18-16)8-9-19(2)3/h4-7,11-12,17-18H,8-10H2,1-3H3/b5-4+. The second kappa shape index (κ2) is 7.09. The van der Waals surface area contributed by atoms with Crippen molar-refractivity contribution in [1.29, 1.82) is 0 Å². The third-order valence-electron chi connectivity index (χ3n) is 3.56. The Balaban J connectivity index is 2.18. The SMILES string of the molecule is CNS(=O)(=O)C/C=C/c1ccc2[nH]cc(CCN(C)C)c2c1. The maximum atomic E-state index is 11.4. The molecule has 6 heteroatoms. The highest BCUT2D eigenvalue weighted by Crippen LogP contribution is 2.21. The number of sulfonamides is 1. The van der Waals surface area contributed by atoms with Gasteiger partial charge in [-0.1, -0.05) is 18.2 Å². The van der Waals surface area contributed by atoms with Crippen LogP contribution in [0.25, 0.3) is 17.0 Å². The summed E-state index contributed by atoms with van der Waals surface area (Å²) in [4.78, 5) is 5.44. The second-order valence-corrected chi connectivity index (χ2v) is 7.53. The molecule has 0 atom stereocenters. The monoisotopic (exact) mass is 321 g/mol. The zero-order valence-corrected chi connectivity index (χ0v) is 14.1. The molecule has 5 nitrogen and oxygen atoms in total. The van der Waals surface area contributed by atoms with E-state index in [9.17, 15) is 8.42 Å². The predicted octanol–water partition coefficient (Wildman–Crippen LogP) is 1.83. The highest BCUT2D eigenvalue weighted by atomic mass is 32.2. The summed E-state index contributed by atoms with van der Waals surface area (Å²) in [6.45, 7) is 0.993. The normalized spacial score (nSPS) is 12.7. The third-order valence-corrected chi connectivity index (χ3v) is 4.81. The number of aromatic amines is 1. The summed E-state index contributed by atoms with van der Waals surface area (Å²) in [6, 6.07) is 6.11. The molecule has 2 rings (SSSR count). The first-order valence-electron chi connectivity index (χ1n) is 7.24. The summed E-state index contributed by atoms with van der Waals surface area (Å²) in [6.07, 6.45) is 6.54. The fraction of sp³-hybridized carbons (Fsp3) is 0.375. The molecule has 2 N–H and O–H groups in total. The van der Waals surface area contributed by atoms with Crippen LogP contribution in [0.1, 0.15) is 11.1 Å². The van der Waals surface area contributed by atoms with Gasteiger partial charge in [-0.3, -0.25) is 0 Å². The average molecular weight is 321 g/mol. The number of likely N-dealkylation sites (N-methyl/N-ethyl adjacent to an activating group) is 1. The summed E-state index contributed by atoms with van der Waals surface area (Å²) < 4.78 is 25.1. The van der Waals surface area contributed by atoms with Crippen LogP contribution in [0, 0.1) is 0 Å². The Labute approximate surface area is 132 Å². The summed E-state index contributed by atoms with van der Waals surface area (Å²) in [5, 5.41) is 1.19. The van der Waals surface area contributed by atoms with E-state index in [-0.39, 0.29) is 5.75 Å². The van der Waals surface area contributed by atoms with E-state index in [2.05, 4.69) is 34.8 Å². The number of hydrogen-bond donors (Lipinski definition) is 2. The number of aromatic nitrogens is 1. The van der Waals surface area contributed by atoms with Crippen molar-refractivity contribution in [3.8, 4) is 0 Å². The molecule has 0 unspecified atom stereocenters. The molecule has 0 spiro atoms. The van der Waals surface area contributed by atoms with Gasteiger partial charge in [-0.2, -0.15) is 0 Å². The molecule has 1 heterocycles. The van der Waals surface area contributed by atoms with Gasteiger partial charge in [-0.15, -0.1) is 0 Å². The van der Waals surface area contributed by atoms with Crippen LogP contribution < -0.4 is 4.72 Å². The lowest BCUT2D eigenvalue weighted by Gasteiger charge is -2.08. The van der Waals surface area contributed by atoms with Gasteiger partial charge in [0.25, 0.3) is 0 Å². The number of nitrogens with zero attached hydrogens (tertiary/aromatic N) is 1. The number of hydrogen-bond acceptors (Lipinski definition) is 3. The Kier molecular flexibility index (Phi) is 5.39. The highest BCUT2D eigenvalue weighted by Gasteiger charge is 2.05. The lowest BCUT2D eigenvalue weighted by molar-refractivity contribution is 0.414. The zero-order chi connectivity index (χ0) is 16.2. The summed E-state index contributed by atoms with van der Waals surface area (Å²) in [5.74, 6) is -0.0117. The number of benzene rings is 1. The Bertz CT molecular complexity index is 761. The second-order valence-electron chi connectivity index (χ2n) is 5.56. The van der Waals surface area contributed by atoms with Crippen molar-refractivity contribution in [2.24, 2.45) is 0 Å². The molecule has 0 aliphatic rings. The summed E-state index contributed by atoms with van der Waals surface area (Å²) in [7, 11) is 2.35. The molecule has 0 saturated heterocycles. The van der Waals surface area contributed by atoms with E-state index in [1.807, 2.05) is 24.4 Å². The number of nitrogens with one attached hydrogen (secondary N) is 2. The molecule has 0 radical (unpaired) electrons. The third kappa shape index (κ3) is 4.43. The first-order chi connectivity index (χ1) is 10.4. The van der Waals surface area contributed by atoms with E-state index in [0.29, 0.717) is 0 Å². The van der Waals surface area contributed by atoms with Gasteiger partial charge in [-0.25, -0.2) is 13.1 Å². The van der Waals surface area contributed by atoms with Gasteiger partial charge in [0.05, 0.1) is 5.75 Å². The molecule has 0 bridgehead atoms. The highest BCUT2D eigenvalue weighted by molar-refractivity contribution is 7.89.